The van der Waals surface area contributed by atoms with Crippen LogP contribution in [0, 0.1) is 13.8 Å². The van der Waals surface area contributed by atoms with E-state index >= 15 is 0 Å². The molecule has 10 heteroatoms. The molecule has 5 nitrogen and oxygen atoms in total. The van der Waals surface area contributed by atoms with Gasteiger partial charge in [0.15, 0.2) is 11.0 Å². The molecule has 0 saturated heterocycles. The molecule has 0 aliphatic carbocycles. The second kappa shape index (κ2) is 10.2. The van der Waals surface area contributed by atoms with Gasteiger partial charge in [0, 0.05) is 27.9 Å². The van der Waals surface area contributed by atoms with Gasteiger partial charge in [-0.05, 0) is 38.5 Å². The van der Waals surface area contributed by atoms with Crippen molar-refractivity contribution in [3.05, 3.63) is 69.9 Å². The first-order valence-electron chi connectivity index (χ1n) is 10.9. The van der Waals surface area contributed by atoms with Crippen LogP contribution in [0.4, 0.5) is 18.9 Å². The summed E-state index contributed by atoms with van der Waals surface area (Å²) >= 11 is 2.77. The van der Waals surface area contributed by atoms with E-state index in [1.165, 1.54) is 23.8 Å². The van der Waals surface area contributed by atoms with Gasteiger partial charge in [-0.25, -0.2) is 0 Å². The minimum Gasteiger partial charge on any atom is -0.325 e. The fourth-order valence-electron chi connectivity index (χ4n) is 3.73. The molecule has 0 bridgehead atoms. The number of halogens is 3. The molecular formula is C25H23F3N4OS2. The van der Waals surface area contributed by atoms with Crippen molar-refractivity contribution in [3.8, 4) is 22.5 Å². The van der Waals surface area contributed by atoms with Gasteiger partial charge in [-0.3, -0.25) is 4.79 Å². The topological polar surface area (TPSA) is 59.8 Å². The van der Waals surface area contributed by atoms with Crippen molar-refractivity contribution in [2.75, 3.05) is 11.1 Å². The number of hydrogen-bond acceptors (Lipinski definition) is 5. The summed E-state index contributed by atoms with van der Waals surface area (Å²) in [6, 6.07) is 13.2. The molecular weight excluding hydrogens is 493 g/mol. The summed E-state index contributed by atoms with van der Waals surface area (Å²) in [6.07, 6.45) is -4.55. The van der Waals surface area contributed by atoms with Crippen LogP contribution < -0.4 is 5.32 Å². The van der Waals surface area contributed by atoms with E-state index in [0.29, 0.717) is 17.5 Å². The number of carbonyl (C=O) groups excluding carboxylic acids is 1. The molecule has 0 fully saturated rings. The van der Waals surface area contributed by atoms with Crippen molar-refractivity contribution in [2.45, 2.75) is 38.6 Å². The fourth-order valence-corrected chi connectivity index (χ4v) is 5.40. The lowest BCUT2D eigenvalue weighted by atomic mass is 10.0. The summed E-state index contributed by atoms with van der Waals surface area (Å²) in [5.74, 6) is 0.0426. The van der Waals surface area contributed by atoms with E-state index in [1.54, 1.807) is 11.3 Å². The van der Waals surface area contributed by atoms with Crippen molar-refractivity contribution < 1.29 is 18.0 Å². The summed E-state index contributed by atoms with van der Waals surface area (Å²) in [6.45, 7) is 6.64. The molecule has 2 aromatic carbocycles. The summed E-state index contributed by atoms with van der Waals surface area (Å²) < 4.78 is 41.6. The number of thiophene rings is 1. The quantitative estimate of drug-likeness (QED) is 0.267. The summed E-state index contributed by atoms with van der Waals surface area (Å²) in [4.78, 5) is 13.6. The maximum absolute atomic E-state index is 13.2. The van der Waals surface area contributed by atoms with Crippen molar-refractivity contribution in [1.29, 1.82) is 0 Å². The van der Waals surface area contributed by atoms with Crippen LogP contribution in [-0.4, -0.2) is 26.4 Å². The number of nitrogens with zero attached hydrogens (tertiary/aromatic N) is 3. The lowest BCUT2D eigenvalue weighted by Gasteiger charge is -2.13. The second-order valence-corrected chi connectivity index (χ2v) is 9.90. The van der Waals surface area contributed by atoms with Crippen molar-refractivity contribution >= 4 is 34.7 Å². The highest BCUT2D eigenvalue weighted by Crippen LogP contribution is 2.39. The number of benzene rings is 2. The minimum atomic E-state index is -4.55. The molecule has 0 aliphatic rings. The van der Waals surface area contributed by atoms with E-state index < -0.39 is 17.6 Å². The van der Waals surface area contributed by atoms with Gasteiger partial charge >= 0.3 is 6.18 Å². The van der Waals surface area contributed by atoms with Gasteiger partial charge in [0.2, 0.25) is 5.91 Å². The van der Waals surface area contributed by atoms with Crippen LogP contribution in [0.1, 0.15) is 22.9 Å². The number of aromatic nitrogens is 3. The second-order valence-electron chi connectivity index (χ2n) is 7.88. The molecule has 0 atom stereocenters. The van der Waals surface area contributed by atoms with Crippen LogP contribution in [0.25, 0.3) is 22.5 Å². The third kappa shape index (κ3) is 5.43. The number of nitrogens with one attached hydrogen (secondary N) is 1. The van der Waals surface area contributed by atoms with E-state index in [1.807, 2.05) is 18.4 Å². The maximum atomic E-state index is 13.2. The number of carbonyl (C=O) groups is 1. The Hall–Kier alpha value is -3.11. The van der Waals surface area contributed by atoms with E-state index in [4.69, 9.17) is 0 Å². The molecule has 35 heavy (non-hydrogen) atoms. The van der Waals surface area contributed by atoms with Gasteiger partial charge in [-0.15, -0.1) is 21.5 Å². The third-order valence-electron chi connectivity index (χ3n) is 5.43. The number of thioether (sulfide) groups is 1. The molecule has 1 amide bonds. The van der Waals surface area contributed by atoms with Gasteiger partial charge in [0.1, 0.15) is 0 Å². The SMILES string of the molecule is CCn1c(SCC(=O)Nc2ccccc2C(F)(F)F)nnc1-c1csc(C)c1-c1ccc(C)cc1. The molecule has 0 unspecified atom stereocenters. The lowest BCUT2D eigenvalue weighted by molar-refractivity contribution is -0.137. The Bertz CT molecular complexity index is 1340. The third-order valence-corrected chi connectivity index (χ3v) is 7.31. The highest BCUT2D eigenvalue weighted by atomic mass is 32.2. The number of aryl methyl sites for hydroxylation is 2. The van der Waals surface area contributed by atoms with Gasteiger partial charge in [0.05, 0.1) is 17.0 Å². The van der Waals surface area contributed by atoms with Crippen LogP contribution >= 0.6 is 23.1 Å². The first-order valence-corrected chi connectivity index (χ1v) is 12.7. The molecule has 4 aromatic rings. The molecule has 0 aliphatic heterocycles. The number of para-hydroxylation sites is 1. The minimum absolute atomic E-state index is 0.0994. The predicted molar refractivity (Wildman–Crippen MR) is 135 cm³/mol. The number of hydrogen-bond donors (Lipinski definition) is 1. The lowest BCUT2D eigenvalue weighted by Crippen LogP contribution is -2.18. The maximum Gasteiger partial charge on any atom is 0.418 e. The Morgan fingerprint density at radius 3 is 2.49 bits per heavy atom. The summed E-state index contributed by atoms with van der Waals surface area (Å²) in [5, 5.41) is 13.6. The monoisotopic (exact) mass is 516 g/mol. The molecule has 0 saturated carbocycles. The predicted octanol–water partition coefficient (Wildman–Crippen LogP) is 7.06. The Balaban J connectivity index is 1.54. The van der Waals surface area contributed by atoms with E-state index in [0.717, 1.165) is 39.4 Å². The summed E-state index contributed by atoms with van der Waals surface area (Å²) in [7, 11) is 0. The van der Waals surface area contributed by atoms with Crippen LogP contribution in [0.2, 0.25) is 0 Å². The number of amides is 1. The van der Waals surface area contributed by atoms with E-state index in [-0.39, 0.29) is 11.4 Å². The molecule has 182 valence electrons. The Labute approximate surface area is 209 Å². The molecule has 4 rings (SSSR count). The van der Waals surface area contributed by atoms with Crippen LogP contribution in [0.5, 0.6) is 0 Å². The largest absolute Gasteiger partial charge is 0.418 e. The Morgan fingerprint density at radius 2 is 1.80 bits per heavy atom. The van der Waals surface area contributed by atoms with Gasteiger partial charge in [-0.2, -0.15) is 13.2 Å². The van der Waals surface area contributed by atoms with Gasteiger partial charge in [-0.1, -0.05) is 53.7 Å². The molecule has 0 spiro atoms. The molecule has 2 heterocycles. The first kappa shape index (κ1) is 25.0. The molecule has 0 radical (unpaired) electrons. The Morgan fingerprint density at radius 1 is 1.09 bits per heavy atom. The fraction of sp³-hybridized carbons (Fsp3) is 0.240. The summed E-state index contributed by atoms with van der Waals surface area (Å²) in [5.41, 5.74) is 3.17. The average Bonchev–Trinajstić information content (AvgIpc) is 3.40. The molecule has 1 N–H and O–H groups in total. The van der Waals surface area contributed by atoms with Crippen molar-refractivity contribution in [2.24, 2.45) is 0 Å². The zero-order valence-corrected chi connectivity index (χ0v) is 20.9. The zero-order valence-electron chi connectivity index (χ0n) is 19.3. The average molecular weight is 517 g/mol. The Kier molecular flexibility index (Phi) is 7.32. The van der Waals surface area contributed by atoms with Crippen molar-refractivity contribution in [3.63, 3.8) is 0 Å². The van der Waals surface area contributed by atoms with Gasteiger partial charge in [0.25, 0.3) is 0 Å². The number of anilines is 1. The normalized spacial score (nSPS) is 11.6. The van der Waals surface area contributed by atoms with Crippen molar-refractivity contribution in [1.82, 2.24) is 14.8 Å². The number of rotatable bonds is 7. The molecule has 2 aromatic heterocycles. The highest BCUT2D eigenvalue weighted by molar-refractivity contribution is 7.99. The first-order chi connectivity index (χ1) is 16.7. The zero-order chi connectivity index (χ0) is 25.2. The highest BCUT2D eigenvalue weighted by Gasteiger charge is 2.33. The smallest absolute Gasteiger partial charge is 0.325 e. The van der Waals surface area contributed by atoms with Crippen LogP contribution in [-0.2, 0) is 17.5 Å². The van der Waals surface area contributed by atoms with Gasteiger partial charge < -0.3 is 9.88 Å². The van der Waals surface area contributed by atoms with Crippen LogP contribution in [0.3, 0.4) is 0 Å². The van der Waals surface area contributed by atoms with E-state index in [2.05, 4.69) is 52.1 Å². The standard InChI is InChI=1S/C25H23F3N4OS2/c1-4-32-23(18-13-34-16(3)22(18)17-11-9-15(2)10-12-17)30-31-24(32)35-14-21(33)29-20-8-6-5-7-19(20)25(26,27)28/h5-13H,4,14H2,1-3H3,(H,29,33). The number of alkyl halides is 3. The van der Waals surface area contributed by atoms with Crippen LogP contribution in [0.15, 0.2) is 59.1 Å². The van der Waals surface area contributed by atoms with E-state index in [9.17, 15) is 18.0 Å².